The molecule has 10 rings (SSSR count). The van der Waals surface area contributed by atoms with Crippen molar-refractivity contribution in [2.45, 2.75) is 174 Å². The monoisotopic (exact) mass is 1470 g/mol. The predicted molar refractivity (Wildman–Crippen MR) is 407 cm³/mol. The second kappa shape index (κ2) is 36.9. The van der Waals surface area contributed by atoms with Crippen molar-refractivity contribution < 1.29 is 71.9 Å². The molecule has 0 saturated heterocycles. The number of hydrogen-bond acceptors (Lipinski definition) is 15. The number of urea groups is 1. The molecule has 1 heterocycles. The first-order chi connectivity index (χ1) is 51.4. The summed E-state index contributed by atoms with van der Waals surface area (Å²) in [6, 6.07) is 31.0. The summed E-state index contributed by atoms with van der Waals surface area (Å²) in [6.45, 7) is 14.8. The maximum Gasteiger partial charge on any atom is 0.411 e. The van der Waals surface area contributed by atoms with Gasteiger partial charge in [-0.25, -0.2) is 9.59 Å². The molecule has 24 nitrogen and oxygen atoms in total. The summed E-state index contributed by atoms with van der Waals surface area (Å²) < 4.78 is 28.1. The van der Waals surface area contributed by atoms with Crippen LogP contribution in [0.1, 0.15) is 170 Å². The average Bonchev–Trinajstić information content (AvgIpc) is 0.722. The summed E-state index contributed by atoms with van der Waals surface area (Å²) in [7, 11) is 0. The second-order valence-electron chi connectivity index (χ2n) is 30.3. The van der Waals surface area contributed by atoms with Gasteiger partial charge >= 0.3 is 12.1 Å². The van der Waals surface area contributed by atoms with E-state index < -0.39 is 58.2 Å². The van der Waals surface area contributed by atoms with Gasteiger partial charge in [-0.3, -0.25) is 44.2 Å². The molecule has 0 bridgehead atoms. The molecule has 0 aromatic heterocycles. The Morgan fingerprint density at radius 3 is 1.79 bits per heavy atom. The largest absolute Gasteiger partial charge is 0.508 e. The number of amides is 10. The third-order valence-electron chi connectivity index (χ3n) is 22.7. The summed E-state index contributed by atoms with van der Waals surface area (Å²) in [5.41, 5.74) is 12.9. The molecule has 0 radical (unpaired) electrons. The Bertz CT molecular complexity index is 4030. The van der Waals surface area contributed by atoms with Crippen LogP contribution in [0.2, 0.25) is 0 Å². The highest BCUT2D eigenvalue weighted by molar-refractivity contribution is 6.02. The van der Waals surface area contributed by atoms with Gasteiger partial charge < -0.3 is 66.0 Å². The molecule has 5 aliphatic rings. The standard InChI is InChI=1S/C83H107N9O15/c1-54(2)73(90-71(95)35-42-103-44-46-105-48-49-106-47-45-104-43-41-85-70(94)33-34-72(96)92-52-60-16-8-7-14-56(60)21-22-59-15-9-10-18-67(59)92)75(98)89-66(17-11-40-86-78(84)101)74(97)87-61-27-19-55(20-28-61)53-107-79(102)88-62-29-23-57-25-31-68-80(3,64(57)50-62)36-12-38-82(68,5)76(99)91-77(100)83(6)39-13-37-81(4)65-51-63(93)30-24-58(65)26-32-69(81)83/h7-10,14-16,18-24,27-30,50-51,54,66,68-69,73,93H,11-13,17,25-26,31-49,52-53H2,1-6H3,(H,85,94)(H,87,97)(H,88,102)(H,89,98)(H,90,95)(H3,84,86,101)(H,91,99,100)/b22-21-/t66-,68+,69+,73-,80+,81+,82-,83-/m0/s1. The number of phenolic OH excluding ortho intramolecular Hbond substituents is 1. The number of imide groups is 1. The third kappa shape index (κ3) is 20.2. The zero-order chi connectivity index (χ0) is 76.3. The van der Waals surface area contributed by atoms with E-state index in [4.69, 9.17) is 29.4 Å². The van der Waals surface area contributed by atoms with E-state index in [1.165, 1.54) is 5.56 Å². The van der Waals surface area contributed by atoms with Crippen molar-refractivity contribution in [1.82, 2.24) is 26.6 Å². The van der Waals surface area contributed by atoms with Crippen molar-refractivity contribution in [3.63, 3.8) is 0 Å². The lowest BCUT2D eigenvalue weighted by Gasteiger charge is -2.56. The number of hydrogen-bond donors (Lipinski definition) is 9. The first-order valence-corrected chi connectivity index (χ1v) is 37.9. The van der Waals surface area contributed by atoms with E-state index in [0.717, 1.165) is 90.4 Å². The van der Waals surface area contributed by atoms with E-state index in [9.17, 15) is 48.3 Å². The van der Waals surface area contributed by atoms with Crippen molar-refractivity contribution in [2.24, 2.45) is 34.3 Å². The van der Waals surface area contributed by atoms with E-state index in [1.54, 1.807) is 49.1 Å². The number of aryl methyl sites for hydroxylation is 2. The number of fused-ring (bicyclic) bond motifs is 8. The molecule has 2 fully saturated rings. The van der Waals surface area contributed by atoms with Gasteiger partial charge in [-0.1, -0.05) is 133 Å². The van der Waals surface area contributed by atoms with E-state index >= 15 is 0 Å². The molecule has 1 aliphatic heterocycles. The van der Waals surface area contributed by atoms with Crippen molar-refractivity contribution in [3.05, 3.63) is 154 Å². The quantitative estimate of drug-likeness (QED) is 0.0139. The molecule has 24 heteroatoms. The molecule has 0 spiro atoms. The van der Waals surface area contributed by atoms with Gasteiger partial charge in [0.2, 0.25) is 41.4 Å². The zero-order valence-corrected chi connectivity index (χ0v) is 62.7. The SMILES string of the molecule is CC(C)[C@H](NC(=O)CCOCCOCCOCCOCCNC(=O)CCC(=O)N1Cc2ccccc2/C=C\c2ccccc21)C(=O)N[C@@H](CCCNC(N)=O)C(=O)Nc1ccc(COC(=O)Nc2ccc3c(c2)[C@@]2(C)CCC[C@](C)(C(=O)NC(=O)[C@@]4(C)CCC[C@]5(C)c6cc(O)ccc6CC[C@@H]45)[C@@H]2CC3)cc1. The number of para-hydroxylation sites is 1. The minimum atomic E-state index is -1.08. The first-order valence-electron chi connectivity index (χ1n) is 37.9. The van der Waals surface area contributed by atoms with Crippen LogP contribution in [0.4, 0.5) is 26.7 Å². The molecule has 10 amide bonds. The molecule has 10 N–H and O–H groups in total. The number of nitrogens with one attached hydrogen (secondary N) is 7. The molecule has 5 aromatic rings. The van der Waals surface area contributed by atoms with Crippen LogP contribution >= 0.6 is 0 Å². The molecular weight excluding hydrogens is 1360 g/mol. The second-order valence-corrected chi connectivity index (χ2v) is 30.3. The lowest BCUT2D eigenvalue weighted by molar-refractivity contribution is -0.150. The number of primary amides is 1. The Kier molecular flexibility index (Phi) is 27.6. The Morgan fingerprint density at radius 2 is 1.15 bits per heavy atom. The van der Waals surface area contributed by atoms with Gasteiger partial charge in [0.25, 0.3) is 0 Å². The van der Waals surface area contributed by atoms with Crippen molar-refractivity contribution >= 4 is 82.7 Å². The van der Waals surface area contributed by atoms with Crippen molar-refractivity contribution in [2.75, 3.05) is 81.5 Å². The van der Waals surface area contributed by atoms with Crippen LogP contribution in [-0.2, 0) is 94.1 Å². The lowest BCUT2D eigenvalue weighted by atomic mass is 9.49. The van der Waals surface area contributed by atoms with Gasteiger partial charge in [-0.05, 0) is 180 Å². The van der Waals surface area contributed by atoms with Gasteiger partial charge in [0, 0.05) is 43.7 Å². The summed E-state index contributed by atoms with van der Waals surface area (Å²) in [5, 5.41) is 30.2. The topological polar surface area (TPSA) is 333 Å². The van der Waals surface area contributed by atoms with Crippen molar-refractivity contribution in [1.29, 1.82) is 0 Å². The molecule has 574 valence electrons. The number of carbonyl (C=O) groups excluding carboxylic acids is 9. The summed E-state index contributed by atoms with van der Waals surface area (Å²) >= 11 is 0. The normalized spacial score (nSPS) is 22.0. The van der Waals surface area contributed by atoms with Gasteiger partial charge in [0.15, 0.2) is 0 Å². The number of nitrogens with two attached hydrogens (primary N) is 1. The highest BCUT2D eigenvalue weighted by Gasteiger charge is 2.59. The predicted octanol–water partition coefficient (Wildman–Crippen LogP) is 10.6. The van der Waals surface area contributed by atoms with Gasteiger partial charge in [0.05, 0.1) is 75.9 Å². The molecule has 4 aliphatic carbocycles. The summed E-state index contributed by atoms with van der Waals surface area (Å²) in [4.78, 5) is 123. The average molecular weight is 1470 g/mol. The summed E-state index contributed by atoms with van der Waals surface area (Å²) in [6.07, 6.45) is 11.7. The molecule has 5 aromatic carbocycles. The fraction of sp³-hybridized carbons (Fsp3) is 0.506. The lowest BCUT2D eigenvalue weighted by Crippen LogP contribution is -2.60. The highest BCUT2D eigenvalue weighted by atomic mass is 16.6. The number of rotatable bonds is 33. The van der Waals surface area contributed by atoms with Gasteiger partial charge in [-0.15, -0.1) is 0 Å². The van der Waals surface area contributed by atoms with Gasteiger partial charge in [0.1, 0.15) is 24.4 Å². The van der Waals surface area contributed by atoms with Crippen LogP contribution in [0.3, 0.4) is 0 Å². The number of aromatic hydroxyl groups is 1. The van der Waals surface area contributed by atoms with Crippen LogP contribution in [0.25, 0.3) is 12.2 Å². The number of carbonyl (C=O) groups is 9. The number of phenols is 1. The van der Waals surface area contributed by atoms with Crippen LogP contribution in [-0.4, -0.2) is 137 Å². The number of anilines is 3. The van der Waals surface area contributed by atoms with Crippen LogP contribution in [0.15, 0.2) is 109 Å². The molecule has 107 heavy (non-hydrogen) atoms. The Labute approximate surface area is 627 Å². The molecule has 2 saturated carbocycles. The highest BCUT2D eigenvalue weighted by Crippen LogP contribution is 2.60. The third-order valence-corrected chi connectivity index (χ3v) is 22.7. The number of benzene rings is 5. The van der Waals surface area contributed by atoms with Crippen LogP contribution in [0.5, 0.6) is 5.75 Å². The maximum atomic E-state index is 14.8. The maximum absolute atomic E-state index is 14.8. The Hall–Kier alpha value is -9.49. The number of ether oxygens (including phenoxy) is 5. The molecular formula is C83H107N9O15. The summed E-state index contributed by atoms with van der Waals surface area (Å²) in [5.74, 6) is -2.59. The number of nitrogens with zero attached hydrogens (tertiary/aromatic N) is 1. The van der Waals surface area contributed by atoms with E-state index in [0.29, 0.717) is 62.8 Å². The Balaban J connectivity index is 0.601. The zero-order valence-electron chi connectivity index (χ0n) is 62.7. The van der Waals surface area contributed by atoms with E-state index in [2.05, 4.69) is 57.1 Å². The van der Waals surface area contributed by atoms with Gasteiger partial charge in [-0.2, -0.15) is 0 Å². The van der Waals surface area contributed by atoms with Crippen LogP contribution < -0.4 is 47.9 Å². The fourth-order valence-electron chi connectivity index (χ4n) is 17.0. The minimum absolute atomic E-state index is 0.00566. The minimum Gasteiger partial charge on any atom is -0.508 e. The fourth-order valence-corrected chi connectivity index (χ4v) is 17.0. The van der Waals surface area contributed by atoms with Crippen molar-refractivity contribution in [3.8, 4) is 5.75 Å². The molecule has 0 unspecified atom stereocenters. The Morgan fingerprint density at radius 1 is 0.570 bits per heavy atom. The smallest absolute Gasteiger partial charge is 0.411 e. The molecule has 8 atom stereocenters. The van der Waals surface area contributed by atoms with E-state index in [1.807, 2.05) is 98.8 Å². The van der Waals surface area contributed by atoms with Crippen LogP contribution in [0, 0.1) is 28.6 Å². The first kappa shape index (κ1) is 80.1. The van der Waals surface area contributed by atoms with E-state index in [-0.39, 0.29) is 131 Å².